The molecule has 0 heterocycles. The highest BCUT2D eigenvalue weighted by atomic mass is 32.2. The number of fused-ring (bicyclic) bond motifs is 7. The number of phenols is 1. The average molecular weight is 511 g/mol. The van der Waals surface area contributed by atoms with E-state index in [1.54, 1.807) is 14.2 Å². The normalized spacial score (nSPS) is 16.2. The molecule has 1 fully saturated rings. The Kier molecular flexibility index (Phi) is 6.32. The van der Waals surface area contributed by atoms with E-state index in [0.717, 1.165) is 46.2 Å². The molecule has 4 heteroatoms. The fourth-order valence-electron chi connectivity index (χ4n) is 6.72. The first-order valence-corrected chi connectivity index (χ1v) is 14.5. The lowest BCUT2D eigenvalue weighted by atomic mass is 9.69. The maximum atomic E-state index is 11.4. The molecule has 3 nitrogen and oxygen atoms in total. The smallest absolute Gasteiger partial charge is 0.127 e. The minimum atomic E-state index is -0.0390. The van der Waals surface area contributed by atoms with Crippen molar-refractivity contribution in [2.75, 3.05) is 20.5 Å². The summed E-state index contributed by atoms with van der Waals surface area (Å²) in [6.07, 6.45) is 10.8. The van der Waals surface area contributed by atoms with Crippen molar-refractivity contribution < 1.29 is 14.6 Å². The SMILES string of the molecule is COc1ccc(-c2cc3c4c(cc(O)c3cc2OC)C2(CCCCCCC2)c2cc(SC)ccc2-4)cc1. The summed E-state index contributed by atoms with van der Waals surface area (Å²) in [4.78, 5) is 1.31. The van der Waals surface area contributed by atoms with Crippen molar-refractivity contribution in [3.8, 4) is 39.5 Å². The number of hydrogen-bond acceptors (Lipinski definition) is 4. The Balaban J connectivity index is 1.66. The van der Waals surface area contributed by atoms with Gasteiger partial charge < -0.3 is 14.6 Å². The Bertz CT molecular complexity index is 1460. The van der Waals surface area contributed by atoms with E-state index < -0.39 is 0 Å². The molecular weight excluding hydrogens is 476 g/mol. The van der Waals surface area contributed by atoms with Gasteiger partial charge in [-0.2, -0.15) is 0 Å². The van der Waals surface area contributed by atoms with Gasteiger partial charge in [0.2, 0.25) is 0 Å². The van der Waals surface area contributed by atoms with Crippen LogP contribution >= 0.6 is 11.8 Å². The van der Waals surface area contributed by atoms with Crippen LogP contribution in [0.4, 0.5) is 0 Å². The van der Waals surface area contributed by atoms with Crippen LogP contribution in [-0.2, 0) is 5.41 Å². The molecule has 4 aromatic carbocycles. The number of thioether (sulfide) groups is 1. The van der Waals surface area contributed by atoms with Gasteiger partial charge in [0.1, 0.15) is 17.2 Å². The minimum Gasteiger partial charge on any atom is -0.507 e. The highest BCUT2D eigenvalue weighted by molar-refractivity contribution is 7.98. The Hall–Kier alpha value is -3.11. The van der Waals surface area contributed by atoms with Gasteiger partial charge in [-0.15, -0.1) is 11.8 Å². The lowest BCUT2D eigenvalue weighted by molar-refractivity contribution is 0.371. The second-order valence-corrected chi connectivity index (χ2v) is 11.3. The molecule has 0 aromatic heterocycles. The summed E-state index contributed by atoms with van der Waals surface area (Å²) in [5.74, 6) is 1.92. The number of benzene rings is 4. The number of rotatable bonds is 4. The van der Waals surface area contributed by atoms with E-state index in [9.17, 15) is 5.11 Å². The quantitative estimate of drug-likeness (QED) is 0.278. The zero-order valence-corrected chi connectivity index (χ0v) is 22.7. The zero-order chi connectivity index (χ0) is 25.6. The average Bonchev–Trinajstić information content (AvgIpc) is 3.19. The van der Waals surface area contributed by atoms with Gasteiger partial charge in [0, 0.05) is 21.3 Å². The fraction of sp³-hybridized carbons (Fsp3) is 0.333. The molecule has 2 aliphatic rings. The molecule has 0 aliphatic heterocycles. The predicted octanol–water partition coefficient (Wildman–Crippen LogP) is 8.96. The van der Waals surface area contributed by atoms with Crippen LogP contribution in [-0.4, -0.2) is 25.6 Å². The molecule has 4 aromatic rings. The molecule has 2 aliphatic carbocycles. The van der Waals surface area contributed by atoms with Crippen LogP contribution in [0.3, 0.4) is 0 Å². The molecule has 1 saturated carbocycles. The molecule has 6 rings (SSSR count). The van der Waals surface area contributed by atoms with Crippen molar-refractivity contribution in [2.24, 2.45) is 0 Å². The first-order chi connectivity index (χ1) is 18.1. The van der Waals surface area contributed by atoms with Gasteiger partial charge in [0.05, 0.1) is 14.2 Å². The standard InChI is InChI=1S/C33H34O3S/c1-35-22-11-9-21(10-12-22)25-18-27-26(19-31(25)36-2)30(34)20-29-32(27)24-14-13-23(37-3)17-28(24)33(29)15-7-5-4-6-8-16-33/h9-14,17-20,34H,4-8,15-16H2,1-3H3. The van der Waals surface area contributed by atoms with E-state index in [-0.39, 0.29) is 5.41 Å². The number of methoxy groups -OCH3 is 2. The number of ether oxygens (including phenoxy) is 2. The van der Waals surface area contributed by atoms with E-state index in [0.29, 0.717) is 5.75 Å². The Morgan fingerprint density at radius 3 is 2.14 bits per heavy atom. The van der Waals surface area contributed by atoms with E-state index in [1.165, 1.54) is 59.3 Å². The molecule has 1 N–H and O–H groups in total. The van der Waals surface area contributed by atoms with Crippen molar-refractivity contribution in [1.82, 2.24) is 0 Å². The van der Waals surface area contributed by atoms with Gasteiger partial charge in [-0.25, -0.2) is 0 Å². The predicted molar refractivity (Wildman–Crippen MR) is 154 cm³/mol. The summed E-state index contributed by atoms with van der Waals surface area (Å²) in [6, 6.07) is 21.4. The summed E-state index contributed by atoms with van der Waals surface area (Å²) in [5, 5.41) is 13.4. The largest absolute Gasteiger partial charge is 0.507 e. The van der Waals surface area contributed by atoms with E-state index in [4.69, 9.17) is 9.47 Å². The number of phenolic OH excluding ortho intramolecular Hbond substituents is 1. The molecule has 0 bridgehead atoms. The third kappa shape index (κ3) is 3.88. The molecule has 0 atom stereocenters. The molecule has 0 amide bonds. The van der Waals surface area contributed by atoms with Gasteiger partial charge >= 0.3 is 0 Å². The van der Waals surface area contributed by atoms with Crippen LogP contribution < -0.4 is 9.47 Å². The van der Waals surface area contributed by atoms with E-state index in [1.807, 2.05) is 30.0 Å². The Morgan fingerprint density at radius 1 is 0.730 bits per heavy atom. The molecule has 190 valence electrons. The molecule has 37 heavy (non-hydrogen) atoms. The van der Waals surface area contributed by atoms with Crippen molar-refractivity contribution in [1.29, 1.82) is 0 Å². The van der Waals surface area contributed by atoms with Crippen LogP contribution in [0.25, 0.3) is 33.0 Å². The third-order valence-corrected chi connectivity index (χ3v) is 9.30. The van der Waals surface area contributed by atoms with E-state index in [2.05, 4.69) is 48.7 Å². The second-order valence-electron chi connectivity index (χ2n) is 10.4. The summed E-state index contributed by atoms with van der Waals surface area (Å²) in [7, 11) is 3.38. The van der Waals surface area contributed by atoms with E-state index >= 15 is 0 Å². The van der Waals surface area contributed by atoms with Crippen LogP contribution in [0, 0.1) is 0 Å². The first-order valence-electron chi connectivity index (χ1n) is 13.3. The zero-order valence-electron chi connectivity index (χ0n) is 21.9. The first kappa shape index (κ1) is 24.2. The summed E-state index contributed by atoms with van der Waals surface area (Å²) >= 11 is 1.81. The highest BCUT2D eigenvalue weighted by Crippen LogP contribution is 2.59. The van der Waals surface area contributed by atoms with Crippen molar-refractivity contribution in [3.05, 3.63) is 71.8 Å². The van der Waals surface area contributed by atoms with Crippen LogP contribution in [0.5, 0.6) is 17.2 Å². The topological polar surface area (TPSA) is 38.7 Å². The Labute approximate surface area is 223 Å². The highest BCUT2D eigenvalue weighted by Gasteiger charge is 2.44. The maximum Gasteiger partial charge on any atom is 0.127 e. The molecule has 0 saturated heterocycles. The number of hydrogen-bond donors (Lipinski definition) is 1. The number of aromatic hydroxyl groups is 1. The van der Waals surface area contributed by atoms with Crippen LogP contribution in [0.1, 0.15) is 56.1 Å². The van der Waals surface area contributed by atoms with Crippen molar-refractivity contribution >= 4 is 22.5 Å². The van der Waals surface area contributed by atoms with Crippen molar-refractivity contribution in [3.63, 3.8) is 0 Å². The monoisotopic (exact) mass is 510 g/mol. The Morgan fingerprint density at radius 2 is 1.46 bits per heavy atom. The molecular formula is C33H34O3S. The molecule has 0 radical (unpaired) electrons. The lowest BCUT2D eigenvalue weighted by Crippen LogP contribution is -2.26. The van der Waals surface area contributed by atoms with Crippen molar-refractivity contribution in [2.45, 2.75) is 55.3 Å². The van der Waals surface area contributed by atoms with Gasteiger partial charge in [-0.1, -0.05) is 50.3 Å². The molecule has 1 spiro atoms. The van der Waals surface area contributed by atoms with Crippen LogP contribution in [0.2, 0.25) is 0 Å². The minimum absolute atomic E-state index is 0.0390. The van der Waals surface area contributed by atoms with Gasteiger partial charge in [-0.05, 0) is 94.8 Å². The van der Waals surface area contributed by atoms with Gasteiger partial charge in [0.15, 0.2) is 0 Å². The summed E-state index contributed by atoms with van der Waals surface area (Å²) < 4.78 is 11.2. The van der Waals surface area contributed by atoms with Gasteiger partial charge in [0.25, 0.3) is 0 Å². The maximum absolute atomic E-state index is 11.4. The summed E-state index contributed by atoms with van der Waals surface area (Å²) in [5.41, 5.74) is 7.41. The fourth-order valence-corrected chi connectivity index (χ4v) is 7.16. The van der Waals surface area contributed by atoms with Gasteiger partial charge in [-0.3, -0.25) is 0 Å². The second kappa shape index (κ2) is 9.64. The molecule has 0 unspecified atom stereocenters. The third-order valence-electron chi connectivity index (χ3n) is 8.57. The lowest BCUT2D eigenvalue weighted by Gasteiger charge is -2.34. The summed E-state index contributed by atoms with van der Waals surface area (Å²) in [6.45, 7) is 0. The van der Waals surface area contributed by atoms with Crippen LogP contribution in [0.15, 0.2) is 65.6 Å².